The van der Waals surface area contributed by atoms with E-state index in [0.29, 0.717) is 6.54 Å². The van der Waals surface area contributed by atoms with Crippen molar-refractivity contribution in [1.29, 1.82) is 0 Å². The second kappa shape index (κ2) is 6.60. The van der Waals surface area contributed by atoms with Gasteiger partial charge in [-0.15, -0.1) is 0 Å². The molecule has 0 fully saturated rings. The molecule has 0 aromatic carbocycles. The third kappa shape index (κ3) is 7.01. The van der Waals surface area contributed by atoms with Gasteiger partial charge in [-0.3, -0.25) is 4.79 Å². The van der Waals surface area contributed by atoms with Crippen LogP contribution >= 0.6 is 0 Å². The summed E-state index contributed by atoms with van der Waals surface area (Å²) >= 11 is 0. The average Bonchev–Trinajstić information content (AvgIpc) is 1.98. The Morgan fingerprint density at radius 1 is 1.67 bits per heavy atom. The van der Waals surface area contributed by atoms with Crippen LogP contribution in [-0.4, -0.2) is 49.4 Å². The Morgan fingerprint density at radius 3 is 2.83 bits per heavy atom. The van der Waals surface area contributed by atoms with Crippen molar-refractivity contribution in [3.05, 3.63) is 0 Å². The summed E-state index contributed by atoms with van der Waals surface area (Å²) in [6.07, 6.45) is 1.73. The molecule has 0 radical (unpaired) electrons. The molecular formula is C7H15N3O2. The fraction of sp³-hybridized carbons (Fsp3) is 0.714. The van der Waals surface area contributed by atoms with E-state index in [1.54, 1.807) is 0 Å². The molecule has 0 rings (SSSR count). The van der Waals surface area contributed by atoms with Gasteiger partial charge in [0.2, 0.25) is 0 Å². The molecule has 5 heteroatoms. The Balaban J connectivity index is 3.25. The van der Waals surface area contributed by atoms with Crippen LogP contribution in [0.4, 0.5) is 0 Å². The van der Waals surface area contributed by atoms with Gasteiger partial charge in [-0.05, 0) is 27.1 Å². The molecule has 0 spiro atoms. The number of rotatable bonds is 5. The van der Waals surface area contributed by atoms with Gasteiger partial charge in [0.1, 0.15) is 6.21 Å². The number of carbonyl (C=O) groups excluding carboxylic acids is 1. The van der Waals surface area contributed by atoms with Crippen molar-refractivity contribution in [1.82, 2.24) is 10.2 Å². The van der Waals surface area contributed by atoms with Crippen molar-refractivity contribution in [2.75, 3.05) is 27.2 Å². The first-order valence-electron chi connectivity index (χ1n) is 3.77. The van der Waals surface area contributed by atoms with Crippen molar-refractivity contribution in [3.63, 3.8) is 0 Å². The Kier molecular flexibility index (Phi) is 6.00. The van der Waals surface area contributed by atoms with Gasteiger partial charge in [-0.25, -0.2) is 0 Å². The highest BCUT2D eigenvalue weighted by Crippen LogP contribution is 1.79. The number of amides is 1. The van der Waals surface area contributed by atoms with Crippen molar-refractivity contribution in [2.45, 2.75) is 6.42 Å². The Bertz CT molecular complexity index is 157. The minimum Gasteiger partial charge on any atom is -0.411 e. The Morgan fingerprint density at radius 2 is 2.33 bits per heavy atom. The summed E-state index contributed by atoms with van der Waals surface area (Å²) in [4.78, 5) is 12.7. The van der Waals surface area contributed by atoms with Crippen molar-refractivity contribution in [3.8, 4) is 0 Å². The van der Waals surface area contributed by atoms with Crippen molar-refractivity contribution in [2.24, 2.45) is 5.16 Å². The summed E-state index contributed by atoms with van der Waals surface area (Å²) in [6.45, 7) is 1.53. The largest absolute Gasteiger partial charge is 0.411 e. The van der Waals surface area contributed by atoms with Gasteiger partial charge in [0.05, 0.1) is 0 Å². The lowest BCUT2D eigenvalue weighted by molar-refractivity contribution is -0.114. The van der Waals surface area contributed by atoms with Gasteiger partial charge in [-0.1, -0.05) is 5.16 Å². The van der Waals surface area contributed by atoms with Crippen LogP contribution in [0.3, 0.4) is 0 Å². The van der Waals surface area contributed by atoms with E-state index in [-0.39, 0.29) is 5.91 Å². The van der Waals surface area contributed by atoms with E-state index in [1.807, 2.05) is 19.0 Å². The van der Waals surface area contributed by atoms with Crippen LogP contribution in [0.15, 0.2) is 5.16 Å². The number of nitrogens with one attached hydrogen (secondary N) is 1. The molecule has 0 aliphatic carbocycles. The summed E-state index contributed by atoms with van der Waals surface area (Å²) in [5.74, 6) is -0.365. The van der Waals surface area contributed by atoms with Gasteiger partial charge in [0.15, 0.2) is 0 Å². The van der Waals surface area contributed by atoms with Gasteiger partial charge in [0.25, 0.3) is 5.91 Å². The van der Waals surface area contributed by atoms with E-state index in [4.69, 9.17) is 5.21 Å². The molecule has 0 heterocycles. The molecule has 5 nitrogen and oxygen atoms in total. The zero-order valence-electron chi connectivity index (χ0n) is 7.45. The van der Waals surface area contributed by atoms with Gasteiger partial charge in [-0.2, -0.15) is 0 Å². The maximum atomic E-state index is 10.7. The van der Waals surface area contributed by atoms with E-state index in [9.17, 15) is 4.79 Å². The smallest absolute Gasteiger partial charge is 0.265 e. The number of carbonyl (C=O) groups is 1. The van der Waals surface area contributed by atoms with Gasteiger partial charge < -0.3 is 15.4 Å². The minimum absolute atomic E-state index is 0.365. The molecule has 70 valence electrons. The fourth-order valence-electron chi connectivity index (χ4n) is 0.705. The molecule has 0 bridgehead atoms. The summed E-state index contributed by atoms with van der Waals surface area (Å²) in [7, 11) is 3.94. The molecule has 12 heavy (non-hydrogen) atoms. The van der Waals surface area contributed by atoms with Gasteiger partial charge in [0, 0.05) is 6.54 Å². The van der Waals surface area contributed by atoms with Crippen LogP contribution in [-0.2, 0) is 4.79 Å². The fourth-order valence-corrected chi connectivity index (χ4v) is 0.705. The maximum Gasteiger partial charge on any atom is 0.265 e. The SMILES string of the molecule is CN(C)CCCNC(=O)/C=N\O. The number of nitrogens with zero attached hydrogens (tertiary/aromatic N) is 2. The molecule has 0 saturated heterocycles. The highest BCUT2D eigenvalue weighted by atomic mass is 16.4. The standard InChI is InChI=1S/C7H15N3O2/c1-10(2)5-3-4-8-7(11)6-9-12/h6,12H,3-5H2,1-2H3,(H,8,11)/b9-6-. The number of oxime groups is 1. The quantitative estimate of drug-likeness (QED) is 0.255. The third-order valence-corrected chi connectivity index (χ3v) is 1.26. The van der Waals surface area contributed by atoms with Crippen molar-refractivity contribution >= 4 is 12.1 Å². The normalized spacial score (nSPS) is 10.9. The molecule has 0 aromatic rings. The second-order valence-electron chi connectivity index (χ2n) is 2.69. The van der Waals surface area contributed by atoms with Gasteiger partial charge >= 0.3 is 0 Å². The van der Waals surface area contributed by atoms with E-state index in [1.165, 1.54) is 0 Å². The lowest BCUT2D eigenvalue weighted by atomic mass is 10.4. The third-order valence-electron chi connectivity index (χ3n) is 1.26. The molecule has 0 unspecified atom stereocenters. The zero-order valence-corrected chi connectivity index (χ0v) is 7.45. The summed E-state index contributed by atoms with van der Waals surface area (Å²) in [5.41, 5.74) is 0. The van der Waals surface area contributed by atoms with Crippen LogP contribution in [0.1, 0.15) is 6.42 Å². The van der Waals surface area contributed by atoms with Crippen LogP contribution in [0, 0.1) is 0 Å². The first-order valence-corrected chi connectivity index (χ1v) is 3.77. The number of hydrogen-bond acceptors (Lipinski definition) is 4. The predicted octanol–water partition coefficient (Wildman–Crippen LogP) is -0.486. The van der Waals surface area contributed by atoms with Crippen LogP contribution < -0.4 is 5.32 Å². The minimum atomic E-state index is -0.365. The molecule has 0 aliphatic heterocycles. The molecule has 0 atom stereocenters. The van der Waals surface area contributed by atoms with E-state index >= 15 is 0 Å². The van der Waals surface area contributed by atoms with Crippen LogP contribution in [0.2, 0.25) is 0 Å². The molecule has 0 aliphatic rings. The monoisotopic (exact) mass is 173 g/mol. The van der Waals surface area contributed by atoms with E-state index < -0.39 is 0 Å². The Labute approximate surface area is 72.0 Å². The predicted molar refractivity (Wildman–Crippen MR) is 46.5 cm³/mol. The zero-order chi connectivity index (χ0) is 9.40. The topological polar surface area (TPSA) is 64.9 Å². The molecule has 0 saturated carbocycles. The lowest BCUT2D eigenvalue weighted by Crippen LogP contribution is -2.27. The van der Waals surface area contributed by atoms with Crippen LogP contribution in [0.5, 0.6) is 0 Å². The van der Waals surface area contributed by atoms with E-state index in [2.05, 4.69) is 10.5 Å². The highest BCUT2D eigenvalue weighted by molar-refractivity contribution is 6.25. The second-order valence-corrected chi connectivity index (χ2v) is 2.69. The van der Waals surface area contributed by atoms with E-state index in [0.717, 1.165) is 19.2 Å². The lowest BCUT2D eigenvalue weighted by Gasteiger charge is -2.08. The van der Waals surface area contributed by atoms with Crippen LogP contribution in [0.25, 0.3) is 0 Å². The average molecular weight is 173 g/mol. The number of hydrogen-bond donors (Lipinski definition) is 2. The Hall–Kier alpha value is -1.10. The molecule has 1 amide bonds. The maximum absolute atomic E-state index is 10.7. The highest BCUT2D eigenvalue weighted by Gasteiger charge is 1.95. The van der Waals surface area contributed by atoms with Crippen molar-refractivity contribution < 1.29 is 10.0 Å². The molecule has 0 aromatic heterocycles. The molecular weight excluding hydrogens is 158 g/mol. The summed E-state index contributed by atoms with van der Waals surface area (Å²) < 4.78 is 0. The summed E-state index contributed by atoms with van der Waals surface area (Å²) in [6, 6.07) is 0. The first-order chi connectivity index (χ1) is 5.66. The summed E-state index contributed by atoms with van der Waals surface area (Å²) in [5, 5.41) is 13.1. The molecule has 2 N–H and O–H groups in total. The first kappa shape index (κ1) is 10.9.